The van der Waals surface area contributed by atoms with Crippen molar-refractivity contribution < 1.29 is 14.5 Å². The quantitative estimate of drug-likeness (QED) is 0.643. The molecule has 0 N–H and O–H groups in total. The molecule has 1 aliphatic rings. The monoisotopic (exact) mass is 292 g/mol. The first-order chi connectivity index (χ1) is 10.7. The Labute approximate surface area is 126 Å². The van der Waals surface area contributed by atoms with Crippen molar-refractivity contribution in [2.24, 2.45) is 0 Å². The van der Waals surface area contributed by atoms with Crippen LogP contribution in [0.1, 0.15) is 11.1 Å². The topological polar surface area (TPSA) is 69.2 Å². The molecule has 0 radical (unpaired) electrons. The van der Waals surface area contributed by atoms with E-state index in [0.29, 0.717) is 5.56 Å². The number of allylic oxidation sites excluding steroid dienone is 1. The van der Waals surface area contributed by atoms with Gasteiger partial charge in [0.05, 0.1) is 15.3 Å². The average Bonchev–Trinajstić information content (AvgIpc) is 2.77. The van der Waals surface area contributed by atoms with Crippen LogP contribution in [-0.2, 0) is 4.79 Å². The first kappa shape index (κ1) is 13.8. The third-order valence-electron chi connectivity index (χ3n) is 3.29. The molecule has 0 bridgehead atoms. The zero-order valence-electron chi connectivity index (χ0n) is 11.5. The Morgan fingerprint density at radius 1 is 0.773 bits per heavy atom. The summed E-state index contributed by atoms with van der Waals surface area (Å²) in [5.74, 6) is -0.580. The highest BCUT2D eigenvalue weighted by molar-refractivity contribution is 6.70. The van der Waals surface area contributed by atoms with Crippen LogP contribution in [0, 0.1) is 10.4 Å². The van der Waals surface area contributed by atoms with Gasteiger partial charge in [-0.05, 0) is 23.8 Å². The SMILES string of the molecule is O=C1C(/C=C/c2ccccc2)=[N+]([O-])[N+]([O-])=C1c1ccccc1. The Balaban J connectivity index is 1.93. The Hall–Kier alpha value is -3.21. The fourth-order valence-electron chi connectivity index (χ4n) is 2.20. The number of carbonyl (C=O) groups is 1. The average molecular weight is 292 g/mol. The molecule has 0 fully saturated rings. The molecule has 0 aromatic heterocycles. The molecular weight excluding hydrogens is 280 g/mol. The van der Waals surface area contributed by atoms with Crippen molar-refractivity contribution in [1.82, 2.24) is 0 Å². The van der Waals surface area contributed by atoms with E-state index >= 15 is 0 Å². The van der Waals surface area contributed by atoms with Gasteiger partial charge in [-0.15, -0.1) is 0 Å². The Morgan fingerprint density at radius 3 is 2.00 bits per heavy atom. The zero-order valence-corrected chi connectivity index (χ0v) is 11.5. The molecule has 108 valence electrons. The third kappa shape index (κ3) is 2.40. The van der Waals surface area contributed by atoms with Crippen LogP contribution >= 0.6 is 0 Å². The van der Waals surface area contributed by atoms with E-state index in [0.717, 1.165) is 5.56 Å². The second kappa shape index (κ2) is 5.65. The smallest absolute Gasteiger partial charge is 0.349 e. The summed E-state index contributed by atoms with van der Waals surface area (Å²) in [4.78, 5) is 12.5. The summed E-state index contributed by atoms with van der Waals surface area (Å²) >= 11 is 0. The van der Waals surface area contributed by atoms with Gasteiger partial charge in [0.1, 0.15) is 0 Å². The van der Waals surface area contributed by atoms with Crippen molar-refractivity contribution in [3.05, 3.63) is 88.3 Å². The lowest BCUT2D eigenvalue weighted by molar-refractivity contribution is -1.05. The molecular formula is C17H12N2O3. The molecule has 0 aliphatic carbocycles. The molecule has 0 saturated heterocycles. The number of hydrazine groups is 1. The molecule has 5 nitrogen and oxygen atoms in total. The van der Waals surface area contributed by atoms with E-state index in [-0.39, 0.29) is 21.1 Å². The number of Topliss-reactive ketones (excluding diaryl/α,β-unsaturated/α-hetero) is 1. The van der Waals surface area contributed by atoms with Crippen molar-refractivity contribution >= 4 is 23.3 Å². The summed E-state index contributed by atoms with van der Waals surface area (Å²) in [5.41, 5.74) is 0.897. The predicted octanol–water partition coefficient (Wildman–Crippen LogP) is 2.15. The molecule has 1 aliphatic heterocycles. The fourth-order valence-corrected chi connectivity index (χ4v) is 2.20. The number of rotatable bonds is 3. The summed E-state index contributed by atoms with van der Waals surface area (Å²) in [5, 5.41) is 23.9. The van der Waals surface area contributed by atoms with Crippen molar-refractivity contribution in [2.75, 3.05) is 0 Å². The summed E-state index contributed by atoms with van der Waals surface area (Å²) in [6.07, 6.45) is 2.99. The Morgan fingerprint density at radius 2 is 1.36 bits per heavy atom. The van der Waals surface area contributed by atoms with Crippen molar-refractivity contribution in [1.29, 1.82) is 0 Å². The van der Waals surface area contributed by atoms with Crippen LogP contribution in [0.4, 0.5) is 0 Å². The lowest BCUT2D eigenvalue weighted by Gasteiger charge is -1.97. The minimum absolute atomic E-state index is 0.0735. The maximum atomic E-state index is 12.3. The van der Waals surface area contributed by atoms with Crippen molar-refractivity contribution in [2.45, 2.75) is 0 Å². The van der Waals surface area contributed by atoms with Crippen molar-refractivity contribution in [3.8, 4) is 0 Å². The maximum Gasteiger partial charge on any atom is 0.349 e. The number of ketones is 1. The van der Waals surface area contributed by atoms with E-state index in [4.69, 9.17) is 0 Å². The van der Waals surface area contributed by atoms with E-state index in [1.165, 1.54) is 6.08 Å². The number of carbonyl (C=O) groups excluding carboxylic acids is 1. The largest absolute Gasteiger partial charge is 0.561 e. The van der Waals surface area contributed by atoms with Gasteiger partial charge in [0.25, 0.3) is 0 Å². The Bertz CT molecular complexity index is 806. The number of hydrazone groups is 2. The van der Waals surface area contributed by atoms with E-state index in [9.17, 15) is 15.2 Å². The normalized spacial score (nSPS) is 15.2. The minimum atomic E-state index is -0.580. The summed E-state index contributed by atoms with van der Waals surface area (Å²) < 4.78 is 0. The molecule has 1 heterocycles. The van der Waals surface area contributed by atoms with E-state index in [1.54, 1.807) is 36.4 Å². The predicted molar refractivity (Wildman–Crippen MR) is 83.3 cm³/mol. The summed E-state index contributed by atoms with van der Waals surface area (Å²) in [7, 11) is 0. The van der Waals surface area contributed by atoms with Gasteiger partial charge in [0.15, 0.2) is 0 Å². The van der Waals surface area contributed by atoms with E-state index < -0.39 is 5.78 Å². The molecule has 0 atom stereocenters. The molecule has 3 rings (SSSR count). The van der Waals surface area contributed by atoms with Crippen LogP contribution in [0.15, 0.2) is 66.7 Å². The third-order valence-corrected chi connectivity index (χ3v) is 3.29. The zero-order chi connectivity index (χ0) is 15.5. The van der Waals surface area contributed by atoms with Gasteiger partial charge in [0, 0.05) is 6.08 Å². The van der Waals surface area contributed by atoms with Gasteiger partial charge >= 0.3 is 17.2 Å². The van der Waals surface area contributed by atoms with Gasteiger partial charge in [-0.2, -0.15) is 0 Å². The highest BCUT2D eigenvalue weighted by Crippen LogP contribution is 2.10. The summed E-state index contributed by atoms with van der Waals surface area (Å²) in [6.45, 7) is 0. The van der Waals surface area contributed by atoms with Gasteiger partial charge < -0.3 is 10.4 Å². The van der Waals surface area contributed by atoms with Crippen LogP contribution in [0.2, 0.25) is 0 Å². The standard InChI is InChI=1S/C17H12N2O3/c20-17-15(12-11-13-7-3-1-4-8-13)18(21)19(22)16(17)14-9-5-2-6-10-14/h1-12H/b12-11+. The van der Waals surface area contributed by atoms with Crippen LogP contribution in [0.25, 0.3) is 6.08 Å². The van der Waals surface area contributed by atoms with Gasteiger partial charge in [-0.1, -0.05) is 48.5 Å². The highest BCUT2D eigenvalue weighted by Gasteiger charge is 2.43. The molecule has 5 heteroatoms. The van der Waals surface area contributed by atoms with Gasteiger partial charge in [-0.25, -0.2) is 0 Å². The highest BCUT2D eigenvalue weighted by atomic mass is 16.7. The molecule has 22 heavy (non-hydrogen) atoms. The fraction of sp³-hybridized carbons (Fsp3) is 0. The number of hydrogen-bond donors (Lipinski definition) is 0. The molecule has 0 amide bonds. The van der Waals surface area contributed by atoms with Gasteiger partial charge in [0.2, 0.25) is 0 Å². The van der Waals surface area contributed by atoms with E-state index in [2.05, 4.69) is 0 Å². The first-order valence-corrected chi connectivity index (χ1v) is 6.70. The lowest BCUT2D eigenvalue weighted by Crippen LogP contribution is -2.21. The second-order valence-corrected chi connectivity index (χ2v) is 4.72. The molecule has 0 unspecified atom stereocenters. The Kier molecular flexibility index (Phi) is 3.53. The van der Waals surface area contributed by atoms with Crippen LogP contribution < -0.4 is 0 Å². The minimum Gasteiger partial charge on any atom is -0.561 e. The van der Waals surface area contributed by atoms with Crippen LogP contribution in [0.5, 0.6) is 0 Å². The molecule has 0 saturated carbocycles. The second-order valence-electron chi connectivity index (χ2n) is 4.72. The molecule has 2 aromatic carbocycles. The molecule has 0 spiro atoms. The lowest BCUT2D eigenvalue weighted by atomic mass is 10.0. The summed E-state index contributed by atoms with van der Waals surface area (Å²) in [6, 6.07) is 17.6. The van der Waals surface area contributed by atoms with E-state index in [1.807, 2.05) is 30.3 Å². The first-order valence-electron chi connectivity index (χ1n) is 6.70. The van der Waals surface area contributed by atoms with Crippen LogP contribution in [-0.4, -0.2) is 26.9 Å². The van der Waals surface area contributed by atoms with Crippen molar-refractivity contribution in [3.63, 3.8) is 0 Å². The maximum absolute atomic E-state index is 12.3. The number of hydrogen-bond acceptors (Lipinski definition) is 3. The molecule has 2 aromatic rings. The van der Waals surface area contributed by atoms with Gasteiger partial charge in [-0.3, -0.25) is 4.79 Å². The van der Waals surface area contributed by atoms with Crippen LogP contribution in [0.3, 0.4) is 0 Å². The number of benzene rings is 2. The number of nitrogens with zero attached hydrogens (tertiary/aromatic N) is 2.